The van der Waals surface area contributed by atoms with Gasteiger partial charge in [0, 0.05) is 0 Å². The van der Waals surface area contributed by atoms with Crippen LogP contribution in [-0.2, 0) is 20.9 Å². The number of rotatable bonds is 7. The Labute approximate surface area is 138 Å². The highest BCUT2D eigenvalue weighted by atomic mass is 32.6. The van der Waals surface area contributed by atoms with Crippen LogP contribution in [0.4, 0.5) is 0 Å². The average molecular weight is 352 g/mol. The molecule has 0 fully saturated rings. The van der Waals surface area contributed by atoms with Crippen molar-refractivity contribution in [1.29, 1.82) is 0 Å². The van der Waals surface area contributed by atoms with Crippen LogP contribution in [-0.4, -0.2) is 19.5 Å². The maximum Gasteiger partial charge on any atom is 0.156 e. The van der Waals surface area contributed by atoms with Crippen LogP contribution in [0.5, 0.6) is 0 Å². The van der Waals surface area contributed by atoms with E-state index in [9.17, 15) is 0 Å². The summed E-state index contributed by atoms with van der Waals surface area (Å²) in [6.45, 7) is 5.04. The van der Waals surface area contributed by atoms with Crippen molar-refractivity contribution >= 4 is 41.5 Å². The predicted molar refractivity (Wildman–Crippen MR) is 104 cm³/mol. The fraction of sp³-hybridized carbons (Fsp3) is 0.235. The molecule has 0 heterocycles. The molecule has 2 aromatic carbocycles. The number of hydrogen-bond acceptors (Lipinski definition) is 3. The van der Waals surface area contributed by atoms with Crippen LogP contribution in [0.15, 0.2) is 60.7 Å². The predicted octanol–water partition coefficient (Wildman–Crippen LogP) is 4.38. The van der Waals surface area contributed by atoms with E-state index >= 15 is 0 Å². The first-order valence-corrected chi connectivity index (χ1v) is 12.6. The molecule has 0 aromatic heterocycles. The van der Waals surface area contributed by atoms with Crippen molar-refractivity contribution in [3.05, 3.63) is 60.7 Å². The molecule has 0 aliphatic carbocycles. The summed E-state index contributed by atoms with van der Waals surface area (Å²) >= 11 is 6.25. The Balaban J connectivity index is 2.71. The Morgan fingerprint density at radius 1 is 0.818 bits per heavy atom. The van der Waals surface area contributed by atoms with Crippen LogP contribution < -0.4 is 10.6 Å². The smallest absolute Gasteiger partial charge is 0.156 e. The Hall–Kier alpha value is -0.690. The number of benzene rings is 2. The molecule has 0 saturated carbocycles. The third-order valence-electron chi connectivity index (χ3n) is 3.30. The standard InChI is InChI=1S/C17H22O2P2S/c1-4-18-20(3,19-5-2)21(22,16-12-8-6-9-13-16)17-14-10-7-11-15-17/h6-15H,3-5H2,1-2H3. The third-order valence-corrected chi connectivity index (χ3v) is 15.6. The SMILES string of the molecule is C=P(OCC)(OCC)P(=S)(c1ccccc1)c1ccccc1. The molecule has 22 heavy (non-hydrogen) atoms. The highest BCUT2D eigenvalue weighted by Crippen LogP contribution is 2.80. The van der Waals surface area contributed by atoms with Crippen LogP contribution in [0.25, 0.3) is 0 Å². The van der Waals surface area contributed by atoms with Crippen LogP contribution in [0.1, 0.15) is 13.8 Å². The molecule has 2 nitrogen and oxygen atoms in total. The fourth-order valence-corrected chi connectivity index (χ4v) is 11.9. The van der Waals surface area contributed by atoms with Gasteiger partial charge in [0.2, 0.25) is 0 Å². The monoisotopic (exact) mass is 352 g/mol. The van der Waals surface area contributed by atoms with Gasteiger partial charge in [-0.25, -0.2) is 0 Å². The summed E-state index contributed by atoms with van der Waals surface area (Å²) < 4.78 is 12.1. The van der Waals surface area contributed by atoms with Crippen molar-refractivity contribution in [1.82, 2.24) is 0 Å². The van der Waals surface area contributed by atoms with Crippen molar-refractivity contribution in [3.63, 3.8) is 0 Å². The molecular weight excluding hydrogens is 330 g/mol. The van der Waals surface area contributed by atoms with Gasteiger partial charge in [-0.2, -0.15) is 0 Å². The summed E-state index contributed by atoms with van der Waals surface area (Å²) in [6, 6.07) is 20.4. The topological polar surface area (TPSA) is 18.5 Å². The summed E-state index contributed by atoms with van der Waals surface area (Å²) in [4.78, 5) is 0. The first kappa shape index (κ1) is 17.7. The zero-order chi connectivity index (χ0) is 16.1. The molecule has 0 radical (unpaired) electrons. The van der Waals surface area contributed by atoms with Crippen molar-refractivity contribution in [2.24, 2.45) is 0 Å². The van der Waals surface area contributed by atoms with Gasteiger partial charge in [0.1, 0.15) is 0 Å². The van der Waals surface area contributed by atoms with E-state index in [0.717, 1.165) is 10.6 Å². The molecule has 0 unspecified atom stereocenters. The van der Waals surface area contributed by atoms with Gasteiger partial charge in [-0.3, -0.25) is 0 Å². The Bertz CT molecular complexity index is 633. The van der Waals surface area contributed by atoms with Gasteiger partial charge in [-0.05, 0) is 30.8 Å². The lowest BCUT2D eigenvalue weighted by Crippen LogP contribution is -2.18. The summed E-state index contributed by atoms with van der Waals surface area (Å²) in [5.41, 5.74) is -2.29. The molecule has 118 valence electrons. The van der Waals surface area contributed by atoms with E-state index < -0.39 is 12.8 Å². The van der Waals surface area contributed by atoms with Crippen molar-refractivity contribution in [2.75, 3.05) is 13.2 Å². The fourth-order valence-electron chi connectivity index (χ4n) is 2.36. The van der Waals surface area contributed by atoms with E-state index in [1.54, 1.807) is 0 Å². The molecule has 0 aliphatic heterocycles. The lowest BCUT2D eigenvalue weighted by atomic mass is 10.4. The second-order valence-electron chi connectivity index (χ2n) is 4.72. The summed E-state index contributed by atoms with van der Waals surface area (Å²) in [6.07, 6.45) is 4.39. The van der Waals surface area contributed by atoms with Crippen LogP contribution in [0.3, 0.4) is 0 Å². The largest absolute Gasteiger partial charge is 0.334 e. The van der Waals surface area contributed by atoms with Gasteiger partial charge < -0.3 is 9.05 Å². The van der Waals surface area contributed by atoms with E-state index in [1.165, 1.54) is 0 Å². The Morgan fingerprint density at radius 3 is 1.50 bits per heavy atom. The molecular formula is C17H22O2P2S. The zero-order valence-electron chi connectivity index (χ0n) is 13.0. The quantitative estimate of drug-likeness (QED) is 0.689. The summed E-state index contributed by atoms with van der Waals surface area (Å²) in [7, 11) is -2.46. The van der Waals surface area contributed by atoms with Gasteiger partial charge >= 0.3 is 0 Å². The first-order chi connectivity index (χ1) is 10.6. The van der Waals surface area contributed by atoms with Crippen LogP contribution >= 0.6 is 12.8 Å². The van der Waals surface area contributed by atoms with Gasteiger partial charge in [0.15, 0.2) is 7.03 Å². The van der Waals surface area contributed by atoms with Crippen molar-refractivity contribution in [2.45, 2.75) is 13.8 Å². The Morgan fingerprint density at radius 2 is 1.18 bits per heavy atom. The lowest BCUT2D eigenvalue weighted by Gasteiger charge is -2.36. The minimum atomic E-state index is -2.46. The zero-order valence-corrected chi connectivity index (χ0v) is 15.6. The molecule has 2 aromatic rings. The molecule has 5 heteroatoms. The van der Waals surface area contributed by atoms with Crippen molar-refractivity contribution in [3.8, 4) is 0 Å². The molecule has 0 bridgehead atoms. The van der Waals surface area contributed by atoms with Gasteiger partial charge in [0.05, 0.1) is 18.9 Å². The minimum absolute atomic E-state index is 0.551. The molecule has 2 rings (SSSR count). The maximum atomic E-state index is 6.25. The summed E-state index contributed by atoms with van der Waals surface area (Å²) in [5, 5.41) is 2.20. The molecule has 0 spiro atoms. The molecule has 0 atom stereocenters. The van der Waals surface area contributed by atoms with E-state index in [4.69, 9.17) is 20.9 Å². The molecule has 0 amide bonds. The highest BCUT2D eigenvalue weighted by Gasteiger charge is 2.38. The second-order valence-corrected chi connectivity index (χ2v) is 14.8. The number of hydrogen-bond donors (Lipinski definition) is 0. The highest BCUT2D eigenvalue weighted by molar-refractivity contribution is 8.59. The van der Waals surface area contributed by atoms with E-state index in [-0.39, 0.29) is 0 Å². The van der Waals surface area contributed by atoms with E-state index in [1.807, 2.05) is 50.2 Å². The minimum Gasteiger partial charge on any atom is -0.334 e. The van der Waals surface area contributed by atoms with Gasteiger partial charge in [-0.1, -0.05) is 72.5 Å². The third kappa shape index (κ3) is 3.30. The Kier molecular flexibility index (Phi) is 6.20. The van der Waals surface area contributed by atoms with E-state index in [0.29, 0.717) is 13.2 Å². The second kappa shape index (κ2) is 7.73. The normalized spacial score (nSPS) is 12.3. The van der Waals surface area contributed by atoms with E-state index in [2.05, 4.69) is 30.6 Å². The van der Waals surface area contributed by atoms with Gasteiger partial charge in [-0.15, -0.1) is 0 Å². The van der Waals surface area contributed by atoms with Gasteiger partial charge in [0.25, 0.3) is 0 Å². The van der Waals surface area contributed by atoms with Crippen molar-refractivity contribution < 1.29 is 9.05 Å². The van der Waals surface area contributed by atoms with Crippen LogP contribution in [0, 0.1) is 0 Å². The van der Waals surface area contributed by atoms with Crippen LogP contribution in [0.2, 0.25) is 0 Å². The molecule has 0 N–H and O–H groups in total. The summed E-state index contributed by atoms with van der Waals surface area (Å²) in [5.74, 6) is 0. The molecule has 0 aliphatic rings. The maximum absolute atomic E-state index is 6.25. The first-order valence-electron chi connectivity index (χ1n) is 7.32. The average Bonchev–Trinajstić information content (AvgIpc) is 2.56. The molecule has 0 saturated heterocycles. The lowest BCUT2D eigenvalue weighted by molar-refractivity contribution is 0.278.